The Hall–Kier alpha value is -1.22. The summed E-state index contributed by atoms with van der Waals surface area (Å²) in [5.41, 5.74) is 0.924. The quantitative estimate of drug-likeness (QED) is 0.778. The van der Waals surface area contributed by atoms with Crippen LogP contribution in [0.25, 0.3) is 0 Å². The topological polar surface area (TPSA) is 38.7 Å². The van der Waals surface area contributed by atoms with Crippen molar-refractivity contribution in [3.63, 3.8) is 0 Å². The van der Waals surface area contributed by atoms with Crippen LogP contribution >= 0.6 is 0 Å². The zero-order chi connectivity index (χ0) is 13.7. The molecule has 1 N–H and O–H groups in total. The molecule has 1 atom stereocenters. The highest BCUT2D eigenvalue weighted by molar-refractivity contribution is 5.43. The largest absolute Gasteiger partial charge is 0.490 e. The zero-order valence-electron chi connectivity index (χ0n) is 11.9. The van der Waals surface area contributed by atoms with Gasteiger partial charge in [-0.2, -0.15) is 0 Å². The molecule has 0 aromatic heterocycles. The van der Waals surface area contributed by atoms with Crippen molar-refractivity contribution in [2.45, 2.75) is 45.6 Å². The van der Waals surface area contributed by atoms with E-state index in [4.69, 9.17) is 9.47 Å². The molecule has 1 saturated carbocycles. The van der Waals surface area contributed by atoms with Crippen LogP contribution in [0.15, 0.2) is 18.2 Å². The second kappa shape index (κ2) is 6.80. The molecular weight excluding hydrogens is 240 g/mol. The Kier molecular flexibility index (Phi) is 5.08. The fraction of sp³-hybridized carbons (Fsp3) is 0.625. The molecule has 0 radical (unpaired) electrons. The molecule has 1 aromatic rings. The van der Waals surface area contributed by atoms with Crippen LogP contribution in [0.1, 0.15) is 51.2 Å². The van der Waals surface area contributed by atoms with Gasteiger partial charge in [-0.15, -0.1) is 0 Å². The van der Waals surface area contributed by atoms with Gasteiger partial charge in [-0.1, -0.05) is 18.9 Å². The highest BCUT2D eigenvalue weighted by Crippen LogP contribution is 2.37. The average molecular weight is 264 g/mol. The summed E-state index contributed by atoms with van der Waals surface area (Å²) in [7, 11) is 0. The Morgan fingerprint density at radius 1 is 1.16 bits per heavy atom. The molecule has 0 amide bonds. The maximum absolute atomic E-state index is 10.2. The van der Waals surface area contributed by atoms with Gasteiger partial charge >= 0.3 is 0 Å². The molecule has 1 aromatic carbocycles. The van der Waals surface area contributed by atoms with Gasteiger partial charge in [-0.05, 0) is 50.3 Å². The maximum atomic E-state index is 10.2. The third kappa shape index (κ3) is 4.13. The summed E-state index contributed by atoms with van der Waals surface area (Å²) in [6.07, 6.45) is 4.23. The van der Waals surface area contributed by atoms with Crippen LogP contribution < -0.4 is 9.47 Å². The number of aliphatic hydroxyl groups excluding tert-OH is 1. The molecule has 0 spiro atoms. The highest BCUT2D eigenvalue weighted by Gasteiger charge is 2.22. The Labute approximate surface area is 115 Å². The van der Waals surface area contributed by atoms with Crippen molar-refractivity contribution in [3.8, 4) is 11.5 Å². The number of hydrogen-bond acceptors (Lipinski definition) is 3. The van der Waals surface area contributed by atoms with Crippen molar-refractivity contribution in [2.24, 2.45) is 5.92 Å². The Bertz CT molecular complexity index is 399. The molecule has 0 heterocycles. The van der Waals surface area contributed by atoms with Crippen LogP contribution in [0, 0.1) is 5.92 Å². The third-order valence-electron chi connectivity index (χ3n) is 3.50. The van der Waals surface area contributed by atoms with Crippen LogP contribution in [-0.2, 0) is 0 Å². The maximum Gasteiger partial charge on any atom is 0.161 e. The smallest absolute Gasteiger partial charge is 0.161 e. The van der Waals surface area contributed by atoms with E-state index in [0.717, 1.165) is 35.8 Å². The molecule has 1 fully saturated rings. The van der Waals surface area contributed by atoms with Crippen LogP contribution in [0.2, 0.25) is 0 Å². The van der Waals surface area contributed by atoms with Crippen molar-refractivity contribution in [2.75, 3.05) is 13.2 Å². The first-order valence-corrected chi connectivity index (χ1v) is 7.32. The second-order valence-electron chi connectivity index (χ2n) is 5.11. The molecular formula is C16H24O3. The fourth-order valence-corrected chi connectivity index (χ4v) is 2.24. The van der Waals surface area contributed by atoms with Crippen molar-refractivity contribution in [1.82, 2.24) is 0 Å². The Morgan fingerprint density at radius 2 is 1.84 bits per heavy atom. The molecule has 2 rings (SSSR count). The van der Waals surface area contributed by atoms with E-state index in [-0.39, 0.29) is 0 Å². The number of hydrogen-bond donors (Lipinski definition) is 1. The van der Waals surface area contributed by atoms with Crippen molar-refractivity contribution in [1.29, 1.82) is 0 Å². The minimum atomic E-state index is -0.393. The van der Waals surface area contributed by atoms with E-state index in [0.29, 0.717) is 13.2 Å². The number of rotatable bonds is 8. The lowest BCUT2D eigenvalue weighted by Gasteiger charge is -2.15. The number of ether oxygens (including phenoxy) is 2. The summed E-state index contributed by atoms with van der Waals surface area (Å²) in [6.45, 7) is 5.12. The van der Waals surface area contributed by atoms with E-state index >= 15 is 0 Å². The molecule has 1 aliphatic rings. The molecule has 0 bridgehead atoms. The van der Waals surface area contributed by atoms with Gasteiger partial charge in [0.1, 0.15) is 0 Å². The van der Waals surface area contributed by atoms with E-state index in [2.05, 4.69) is 0 Å². The van der Waals surface area contributed by atoms with Crippen molar-refractivity contribution in [3.05, 3.63) is 23.8 Å². The lowest BCUT2D eigenvalue weighted by Crippen LogP contribution is -2.02. The number of aliphatic hydroxyl groups is 1. The SMILES string of the molecule is CCOc1ccc(C(O)CCC2CC2)cc1OCC. The lowest BCUT2D eigenvalue weighted by molar-refractivity contribution is 0.161. The molecule has 1 unspecified atom stereocenters. The molecule has 0 saturated heterocycles. The van der Waals surface area contributed by atoms with Gasteiger partial charge in [0.05, 0.1) is 19.3 Å². The first-order chi connectivity index (χ1) is 9.24. The van der Waals surface area contributed by atoms with Crippen molar-refractivity contribution < 1.29 is 14.6 Å². The first-order valence-electron chi connectivity index (χ1n) is 7.32. The second-order valence-corrected chi connectivity index (χ2v) is 5.11. The highest BCUT2D eigenvalue weighted by atomic mass is 16.5. The minimum absolute atomic E-state index is 0.393. The van der Waals surface area contributed by atoms with Gasteiger partial charge in [0.25, 0.3) is 0 Å². The summed E-state index contributed by atoms with van der Waals surface area (Å²) >= 11 is 0. The minimum Gasteiger partial charge on any atom is -0.490 e. The normalized spacial score (nSPS) is 16.2. The Morgan fingerprint density at radius 3 is 2.47 bits per heavy atom. The van der Waals surface area contributed by atoms with E-state index in [1.54, 1.807) is 0 Å². The summed E-state index contributed by atoms with van der Waals surface area (Å²) < 4.78 is 11.1. The van der Waals surface area contributed by atoms with Gasteiger partial charge < -0.3 is 14.6 Å². The molecule has 19 heavy (non-hydrogen) atoms. The lowest BCUT2D eigenvalue weighted by atomic mass is 10.0. The summed E-state index contributed by atoms with van der Waals surface area (Å²) in [6, 6.07) is 5.74. The predicted octanol–water partition coefficient (Wildman–Crippen LogP) is 3.71. The summed E-state index contributed by atoms with van der Waals surface area (Å²) in [4.78, 5) is 0. The first kappa shape index (κ1) is 14.2. The monoisotopic (exact) mass is 264 g/mol. The Balaban J connectivity index is 2.04. The van der Waals surface area contributed by atoms with E-state index < -0.39 is 6.10 Å². The van der Waals surface area contributed by atoms with Gasteiger partial charge in [-0.3, -0.25) is 0 Å². The molecule has 1 aliphatic carbocycles. The average Bonchev–Trinajstić information content (AvgIpc) is 3.22. The predicted molar refractivity (Wildman–Crippen MR) is 75.7 cm³/mol. The van der Waals surface area contributed by atoms with E-state index in [9.17, 15) is 5.11 Å². The number of benzene rings is 1. The standard InChI is InChI=1S/C16H24O3/c1-3-18-15-10-8-13(11-16(15)19-4-2)14(17)9-7-12-5-6-12/h8,10-12,14,17H,3-7,9H2,1-2H3. The van der Waals surface area contributed by atoms with Gasteiger partial charge in [0.2, 0.25) is 0 Å². The van der Waals surface area contributed by atoms with Crippen LogP contribution in [0.4, 0.5) is 0 Å². The molecule has 3 heteroatoms. The summed E-state index contributed by atoms with van der Waals surface area (Å²) in [5.74, 6) is 2.33. The van der Waals surface area contributed by atoms with Gasteiger partial charge in [0.15, 0.2) is 11.5 Å². The van der Waals surface area contributed by atoms with Gasteiger partial charge in [0, 0.05) is 0 Å². The van der Waals surface area contributed by atoms with E-state index in [1.165, 1.54) is 12.8 Å². The molecule has 106 valence electrons. The summed E-state index contributed by atoms with van der Waals surface area (Å²) in [5, 5.41) is 10.2. The molecule has 3 nitrogen and oxygen atoms in total. The zero-order valence-corrected chi connectivity index (χ0v) is 11.9. The van der Waals surface area contributed by atoms with Crippen LogP contribution in [-0.4, -0.2) is 18.3 Å². The van der Waals surface area contributed by atoms with Gasteiger partial charge in [-0.25, -0.2) is 0 Å². The fourth-order valence-electron chi connectivity index (χ4n) is 2.24. The van der Waals surface area contributed by atoms with Crippen molar-refractivity contribution >= 4 is 0 Å². The van der Waals surface area contributed by atoms with Crippen LogP contribution in [0.5, 0.6) is 11.5 Å². The van der Waals surface area contributed by atoms with Crippen LogP contribution in [0.3, 0.4) is 0 Å². The third-order valence-corrected chi connectivity index (χ3v) is 3.50. The van der Waals surface area contributed by atoms with E-state index in [1.807, 2.05) is 32.0 Å². The molecule has 0 aliphatic heterocycles.